The van der Waals surface area contributed by atoms with Gasteiger partial charge < -0.3 is 0 Å². The van der Waals surface area contributed by atoms with Gasteiger partial charge in [0.15, 0.2) is 0 Å². The average Bonchev–Trinajstić information content (AvgIpc) is 3.23. The number of hydrogen-bond donors (Lipinski definition) is 0. The minimum atomic E-state index is 1.21. The molecule has 242 valence electrons. The summed E-state index contributed by atoms with van der Waals surface area (Å²) < 4.78 is 0. The number of benzene rings is 10. The normalized spacial score (nSPS) is 11.5. The Kier molecular flexibility index (Phi) is 7.25. The van der Waals surface area contributed by atoms with Crippen LogP contribution in [0.3, 0.4) is 0 Å². The van der Waals surface area contributed by atoms with Crippen molar-refractivity contribution in [2.75, 3.05) is 0 Å². The lowest BCUT2D eigenvalue weighted by Gasteiger charge is -2.20. The minimum absolute atomic E-state index is 1.21. The molecule has 0 saturated heterocycles. The van der Waals surface area contributed by atoms with Crippen LogP contribution in [0.5, 0.6) is 0 Å². The van der Waals surface area contributed by atoms with Gasteiger partial charge in [-0.25, -0.2) is 0 Å². The van der Waals surface area contributed by atoms with Crippen molar-refractivity contribution in [1.29, 1.82) is 0 Å². The van der Waals surface area contributed by atoms with E-state index in [9.17, 15) is 0 Å². The van der Waals surface area contributed by atoms with E-state index in [4.69, 9.17) is 0 Å². The summed E-state index contributed by atoms with van der Waals surface area (Å²) >= 11 is 0. The standard InChI is InChI=1S/C52H34/c1-3-14-39(15-4-1)51-49-33-43(36-22-25-38(26-23-36)46-21-11-19-37-13-9-10-20-45(37)46)28-30-47(49)48-31-29-44(34-50(48)52(51)40-16-5-2-6-17-40)42-27-24-35-12-7-8-18-41(35)32-42/h1-34H. The zero-order chi connectivity index (χ0) is 34.4. The second kappa shape index (κ2) is 12.5. The Morgan fingerprint density at radius 2 is 0.654 bits per heavy atom. The van der Waals surface area contributed by atoms with Crippen LogP contribution in [0.1, 0.15) is 0 Å². The van der Waals surface area contributed by atoms with Gasteiger partial charge in [0, 0.05) is 0 Å². The SMILES string of the molecule is c1ccc(-c2c(-c3ccccc3)c3cc(-c4ccc5ccccc5c4)ccc3c3ccc(-c4ccc(-c5cccc6ccccc56)cc4)cc23)cc1. The first-order valence-corrected chi connectivity index (χ1v) is 18.0. The van der Waals surface area contributed by atoms with Gasteiger partial charge in [-0.3, -0.25) is 0 Å². The fourth-order valence-electron chi connectivity index (χ4n) is 8.10. The molecular weight excluding hydrogens is 625 g/mol. The third kappa shape index (κ3) is 5.16. The van der Waals surface area contributed by atoms with Crippen molar-refractivity contribution in [3.8, 4) is 55.6 Å². The summed E-state index contributed by atoms with van der Waals surface area (Å²) in [6, 6.07) is 75.6. The average molecular weight is 659 g/mol. The molecule has 10 aromatic carbocycles. The van der Waals surface area contributed by atoms with E-state index >= 15 is 0 Å². The minimum Gasteiger partial charge on any atom is -0.0622 e. The fraction of sp³-hybridized carbons (Fsp3) is 0. The molecule has 0 fully saturated rings. The van der Waals surface area contributed by atoms with Gasteiger partial charge in [-0.2, -0.15) is 0 Å². The van der Waals surface area contributed by atoms with Gasteiger partial charge in [0.1, 0.15) is 0 Å². The Bertz CT molecular complexity index is 2910. The predicted molar refractivity (Wildman–Crippen MR) is 224 cm³/mol. The third-order valence-electron chi connectivity index (χ3n) is 10.6. The third-order valence-corrected chi connectivity index (χ3v) is 10.6. The van der Waals surface area contributed by atoms with E-state index in [1.54, 1.807) is 0 Å². The Balaban J connectivity index is 1.20. The molecule has 0 N–H and O–H groups in total. The highest BCUT2D eigenvalue weighted by atomic mass is 14.2. The van der Waals surface area contributed by atoms with Crippen LogP contribution in [0.25, 0.3) is 98.7 Å². The van der Waals surface area contributed by atoms with Crippen LogP contribution < -0.4 is 0 Å². The lowest BCUT2D eigenvalue weighted by atomic mass is 9.83. The quantitative estimate of drug-likeness (QED) is 0.161. The first kappa shape index (κ1) is 30.1. The van der Waals surface area contributed by atoms with Gasteiger partial charge in [0.25, 0.3) is 0 Å². The van der Waals surface area contributed by atoms with Crippen LogP contribution >= 0.6 is 0 Å². The molecule has 0 radical (unpaired) electrons. The monoisotopic (exact) mass is 658 g/mol. The first-order valence-electron chi connectivity index (χ1n) is 18.0. The maximum absolute atomic E-state index is 2.41. The summed E-state index contributed by atoms with van der Waals surface area (Å²) in [6.07, 6.45) is 0. The topological polar surface area (TPSA) is 0 Å². The molecule has 0 amide bonds. The Hall–Kier alpha value is -6.76. The fourth-order valence-corrected chi connectivity index (χ4v) is 8.10. The van der Waals surface area contributed by atoms with Crippen molar-refractivity contribution in [2.24, 2.45) is 0 Å². The molecule has 0 aliphatic carbocycles. The molecular formula is C52H34. The molecule has 0 saturated carbocycles. The van der Waals surface area contributed by atoms with Crippen molar-refractivity contribution >= 4 is 43.1 Å². The Morgan fingerprint density at radius 3 is 1.31 bits per heavy atom. The molecule has 0 spiro atoms. The van der Waals surface area contributed by atoms with Crippen molar-refractivity contribution < 1.29 is 0 Å². The highest BCUT2D eigenvalue weighted by Gasteiger charge is 2.19. The van der Waals surface area contributed by atoms with E-state index in [0.29, 0.717) is 0 Å². The molecule has 0 bridgehead atoms. The van der Waals surface area contributed by atoms with E-state index in [0.717, 1.165) is 0 Å². The maximum atomic E-state index is 2.41. The Morgan fingerprint density at radius 1 is 0.192 bits per heavy atom. The van der Waals surface area contributed by atoms with Crippen LogP contribution in [-0.4, -0.2) is 0 Å². The van der Waals surface area contributed by atoms with Crippen LogP contribution in [0.2, 0.25) is 0 Å². The van der Waals surface area contributed by atoms with E-state index < -0.39 is 0 Å². The van der Waals surface area contributed by atoms with E-state index in [1.807, 2.05) is 0 Å². The summed E-state index contributed by atoms with van der Waals surface area (Å²) in [7, 11) is 0. The zero-order valence-electron chi connectivity index (χ0n) is 28.6. The summed E-state index contributed by atoms with van der Waals surface area (Å²) in [6.45, 7) is 0. The summed E-state index contributed by atoms with van der Waals surface area (Å²) in [5.74, 6) is 0. The Labute approximate surface area is 303 Å². The number of fused-ring (bicyclic) bond motifs is 5. The van der Waals surface area contributed by atoms with Gasteiger partial charge in [-0.05, 0) is 117 Å². The zero-order valence-corrected chi connectivity index (χ0v) is 28.6. The smallest absolute Gasteiger partial charge is 0.00201 e. The van der Waals surface area contributed by atoms with E-state index in [2.05, 4.69) is 206 Å². The molecule has 0 nitrogen and oxygen atoms in total. The first-order chi connectivity index (χ1) is 25.8. The van der Waals surface area contributed by atoms with Crippen molar-refractivity contribution in [1.82, 2.24) is 0 Å². The second-order valence-electron chi connectivity index (χ2n) is 13.7. The summed E-state index contributed by atoms with van der Waals surface area (Å²) in [4.78, 5) is 0. The van der Waals surface area contributed by atoms with Crippen LogP contribution in [0.15, 0.2) is 206 Å². The van der Waals surface area contributed by atoms with Gasteiger partial charge in [0.2, 0.25) is 0 Å². The lowest BCUT2D eigenvalue weighted by Crippen LogP contribution is -1.93. The van der Waals surface area contributed by atoms with Gasteiger partial charge >= 0.3 is 0 Å². The lowest BCUT2D eigenvalue weighted by molar-refractivity contribution is 1.61. The molecule has 0 aliphatic rings. The molecule has 0 aromatic heterocycles. The van der Waals surface area contributed by atoms with Crippen LogP contribution in [-0.2, 0) is 0 Å². The van der Waals surface area contributed by atoms with Gasteiger partial charge in [-0.1, -0.05) is 188 Å². The maximum Gasteiger partial charge on any atom is -0.00201 e. The predicted octanol–water partition coefficient (Wildman–Crippen LogP) is 14.6. The molecule has 10 rings (SSSR count). The molecule has 0 heterocycles. The van der Waals surface area contributed by atoms with Crippen molar-refractivity contribution in [2.45, 2.75) is 0 Å². The van der Waals surface area contributed by atoms with Gasteiger partial charge in [-0.15, -0.1) is 0 Å². The largest absolute Gasteiger partial charge is 0.0622 e. The van der Waals surface area contributed by atoms with E-state index in [-0.39, 0.29) is 0 Å². The molecule has 0 aliphatic heterocycles. The highest BCUT2D eigenvalue weighted by molar-refractivity contribution is 6.22. The molecule has 10 aromatic rings. The summed E-state index contributed by atoms with van der Waals surface area (Å²) in [5.41, 5.74) is 12.3. The molecule has 52 heavy (non-hydrogen) atoms. The number of rotatable bonds is 5. The second-order valence-corrected chi connectivity index (χ2v) is 13.7. The van der Waals surface area contributed by atoms with Crippen LogP contribution in [0.4, 0.5) is 0 Å². The van der Waals surface area contributed by atoms with Gasteiger partial charge in [0.05, 0.1) is 0 Å². The molecule has 0 atom stereocenters. The van der Waals surface area contributed by atoms with Crippen molar-refractivity contribution in [3.63, 3.8) is 0 Å². The van der Waals surface area contributed by atoms with E-state index in [1.165, 1.54) is 98.7 Å². The molecule has 0 unspecified atom stereocenters. The summed E-state index contributed by atoms with van der Waals surface area (Å²) in [5, 5.41) is 10.1. The van der Waals surface area contributed by atoms with Crippen molar-refractivity contribution in [3.05, 3.63) is 206 Å². The molecule has 0 heteroatoms. The highest BCUT2D eigenvalue weighted by Crippen LogP contribution is 2.46. The van der Waals surface area contributed by atoms with Crippen LogP contribution in [0, 0.1) is 0 Å². The number of hydrogen-bond acceptors (Lipinski definition) is 0.